The number of hydrogen-bond acceptors (Lipinski definition) is 3. The number of nitrogens with two attached hydrogens (primary N) is 1. The maximum Gasteiger partial charge on any atom is 0.145 e. The Labute approximate surface area is 77.9 Å². The molecule has 0 aliphatic carbocycles. The van der Waals surface area contributed by atoms with Gasteiger partial charge >= 0.3 is 0 Å². The van der Waals surface area contributed by atoms with Gasteiger partial charge in [-0.1, -0.05) is 6.07 Å². The number of nitrogen functional groups attached to an aromatic ring is 1. The van der Waals surface area contributed by atoms with Gasteiger partial charge in [0.1, 0.15) is 5.75 Å². The quantitative estimate of drug-likeness (QED) is 0.629. The van der Waals surface area contributed by atoms with Crippen LogP contribution in [0.1, 0.15) is 11.1 Å². The Hall–Kier alpha value is -1.22. The second kappa shape index (κ2) is 3.26. The Morgan fingerprint density at radius 1 is 1.46 bits per heavy atom. The van der Waals surface area contributed by atoms with Crippen molar-refractivity contribution in [3.8, 4) is 5.75 Å². The van der Waals surface area contributed by atoms with Gasteiger partial charge in [-0.25, -0.2) is 0 Å². The highest BCUT2D eigenvalue weighted by atomic mass is 16.5. The van der Waals surface area contributed by atoms with E-state index in [9.17, 15) is 0 Å². The van der Waals surface area contributed by atoms with Gasteiger partial charge in [-0.3, -0.25) is 0 Å². The highest BCUT2D eigenvalue weighted by Crippen LogP contribution is 2.30. The first kappa shape index (κ1) is 8.38. The fourth-order valence-electron chi connectivity index (χ4n) is 1.80. The summed E-state index contributed by atoms with van der Waals surface area (Å²) >= 11 is 0. The third kappa shape index (κ3) is 1.35. The van der Waals surface area contributed by atoms with E-state index in [-0.39, 0.29) is 0 Å². The van der Waals surface area contributed by atoms with Gasteiger partial charge < -0.3 is 15.8 Å². The molecule has 0 saturated heterocycles. The number of hydrogen-bond donors (Lipinski definition) is 2. The molecule has 0 saturated carbocycles. The molecule has 0 unspecified atom stereocenters. The molecule has 1 aromatic carbocycles. The van der Waals surface area contributed by atoms with Crippen molar-refractivity contribution >= 4 is 5.69 Å². The molecule has 0 atom stereocenters. The van der Waals surface area contributed by atoms with Crippen molar-refractivity contribution in [2.24, 2.45) is 0 Å². The minimum absolute atomic E-state index is 0.739. The molecule has 1 aliphatic rings. The monoisotopic (exact) mass is 178 g/mol. The van der Waals surface area contributed by atoms with Gasteiger partial charge in [0.05, 0.1) is 12.8 Å². The van der Waals surface area contributed by atoms with E-state index in [4.69, 9.17) is 10.5 Å². The summed E-state index contributed by atoms with van der Waals surface area (Å²) in [5.74, 6) is 0.860. The third-order valence-corrected chi connectivity index (χ3v) is 2.46. The van der Waals surface area contributed by atoms with Gasteiger partial charge in [0.2, 0.25) is 0 Å². The second-order valence-electron chi connectivity index (χ2n) is 3.25. The first-order valence-electron chi connectivity index (χ1n) is 4.48. The van der Waals surface area contributed by atoms with Crippen LogP contribution in [0.15, 0.2) is 12.1 Å². The molecule has 0 fully saturated rings. The molecule has 13 heavy (non-hydrogen) atoms. The molecule has 1 aromatic rings. The Bertz CT molecular complexity index is 323. The topological polar surface area (TPSA) is 47.3 Å². The molecule has 2 rings (SSSR count). The average molecular weight is 178 g/mol. The van der Waals surface area contributed by atoms with Gasteiger partial charge in [0.15, 0.2) is 0 Å². The van der Waals surface area contributed by atoms with E-state index in [2.05, 4.69) is 11.4 Å². The molecule has 0 aromatic heterocycles. The van der Waals surface area contributed by atoms with Crippen LogP contribution in [0.4, 0.5) is 5.69 Å². The smallest absolute Gasteiger partial charge is 0.145 e. The molecule has 3 nitrogen and oxygen atoms in total. The van der Waals surface area contributed by atoms with E-state index in [1.54, 1.807) is 7.11 Å². The molecular weight excluding hydrogens is 164 g/mol. The van der Waals surface area contributed by atoms with Crippen molar-refractivity contribution in [3.63, 3.8) is 0 Å². The standard InChI is InChI=1S/C10H14N2O/c1-13-10-8-4-5-12-6-7(8)2-3-9(10)11/h2-3,12H,4-6,11H2,1H3. The van der Waals surface area contributed by atoms with E-state index >= 15 is 0 Å². The van der Waals surface area contributed by atoms with Crippen molar-refractivity contribution in [2.75, 3.05) is 19.4 Å². The minimum atomic E-state index is 0.739. The van der Waals surface area contributed by atoms with Gasteiger partial charge in [-0.2, -0.15) is 0 Å². The number of methoxy groups -OCH3 is 1. The van der Waals surface area contributed by atoms with E-state index < -0.39 is 0 Å². The number of anilines is 1. The van der Waals surface area contributed by atoms with Crippen molar-refractivity contribution < 1.29 is 4.74 Å². The van der Waals surface area contributed by atoms with Crippen LogP contribution in [0.25, 0.3) is 0 Å². The normalized spacial score (nSPS) is 15.2. The number of ether oxygens (including phenoxy) is 1. The SMILES string of the molecule is COc1c(N)ccc2c1CCNC2. The first-order valence-corrected chi connectivity index (χ1v) is 4.48. The van der Waals surface area contributed by atoms with Gasteiger partial charge in [-0.05, 0) is 24.6 Å². The van der Waals surface area contributed by atoms with Crippen LogP contribution in [0.5, 0.6) is 5.75 Å². The maximum atomic E-state index is 5.81. The highest BCUT2D eigenvalue weighted by molar-refractivity contribution is 5.60. The number of benzene rings is 1. The van der Waals surface area contributed by atoms with Crippen molar-refractivity contribution in [1.82, 2.24) is 5.32 Å². The third-order valence-electron chi connectivity index (χ3n) is 2.46. The van der Waals surface area contributed by atoms with E-state index in [1.165, 1.54) is 11.1 Å². The average Bonchev–Trinajstić information content (AvgIpc) is 2.18. The van der Waals surface area contributed by atoms with Crippen LogP contribution in [0.3, 0.4) is 0 Å². The summed E-state index contributed by atoms with van der Waals surface area (Å²) in [7, 11) is 1.67. The Kier molecular flexibility index (Phi) is 2.10. The molecular formula is C10H14N2O. The van der Waals surface area contributed by atoms with E-state index in [1.807, 2.05) is 6.07 Å². The fourth-order valence-corrected chi connectivity index (χ4v) is 1.80. The summed E-state index contributed by atoms with van der Waals surface area (Å²) in [6, 6.07) is 3.98. The van der Waals surface area contributed by atoms with Crippen LogP contribution in [0, 0.1) is 0 Å². The van der Waals surface area contributed by atoms with E-state index in [0.29, 0.717) is 0 Å². The fraction of sp³-hybridized carbons (Fsp3) is 0.400. The van der Waals surface area contributed by atoms with E-state index in [0.717, 1.165) is 30.9 Å². The van der Waals surface area contributed by atoms with Gasteiger partial charge in [-0.15, -0.1) is 0 Å². The Morgan fingerprint density at radius 2 is 2.31 bits per heavy atom. The first-order chi connectivity index (χ1) is 6.33. The number of rotatable bonds is 1. The van der Waals surface area contributed by atoms with Crippen LogP contribution < -0.4 is 15.8 Å². The van der Waals surface area contributed by atoms with Crippen molar-refractivity contribution in [1.29, 1.82) is 0 Å². The van der Waals surface area contributed by atoms with Crippen molar-refractivity contribution in [2.45, 2.75) is 13.0 Å². The molecule has 0 spiro atoms. The lowest BCUT2D eigenvalue weighted by Crippen LogP contribution is -2.24. The Morgan fingerprint density at radius 3 is 3.08 bits per heavy atom. The number of nitrogens with one attached hydrogen (secondary N) is 1. The molecule has 1 heterocycles. The largest absolute Gasteiger partial charge is 0.494 e. The molecule has 0 bridgehead atoms. The zero-order chi connectivity index (χ0) is 9.26. The lowest BCUT2D eigenvalue weighted by Gasteiger charge is -2.20. The van der Waals surface area contributed by atoms with Gasteiger partial charge in [0, 0.05) is 12.1 Å². The molecule has 3 N–H and O–H groups in total. The van der Waals surface area contributed by atoms with Crippen LogP contribution >= 0.6 is 0 Å². The summed E-state index contributed by atoms with van der Waals surface area (Å²) < 4.78 is 5.29. The summed E-state index contributed by atoms with van der Waals surface area (Å²) in [6.07, 6.45) is 1.00. The second-order valence-corrected chi connectivity index (χ2v) is 3.25. The predicted octanol–water partition coefficient (Wildman–Crippen LogP) is 0.923. The molecule has 1 aliphatic heterocycles. The molecule has 3 heteroatoms. The summed E-state index contributed by atoms with van der Waals surface area (Å²) in [5.41, 5.74) is 9.12. The number of fused-ring (bicyclic) bond motifs is 1. The Balaban J connectivity index is 2.52. The molecule has 0 amide bonds. The lowest BCUT2D eigenvalue weighted by molar-refractivity contribution is 0.408. The summed E-state index contributed by atoms with van der Waals surface area (Å²) in [6.45, 7) is 1.93. The van der Waals surface area contributed by atoms with Gasteiger partial charge in [0.25, 0.3) is 0 Å². The zero-order valence-electron chi connectivity index (χ0n) is 7.76. The molecule has 70 valence electrons. The summed E-state index contributed by atoms with van der Waals surface area (Å²) in [5, 5.41) is 3.32. The zero-order valence-corrected chi connectivity index (χ0v) is 7.76. The van der Waals surface area contributed by atoms with Crippen LogP contribution in [-0.4, -0.2) is 13.7 Å². The highest BCUT2D eigenvalue weighted by Gasteiger charge is 2.14. The maximum absolute atomic E-state index is 5.81. The molecule has 0 radical (unpaired) electrons. The van der Waals surface area contributed by atoms with Crippen LogP contribution in [-0.2, 0) is 13.0 Å². The lowest BCUT2D eigenvalue weighted by atomic mass is 9.99. The minimum Gasteiger partial charge on any atom is -0.494 e. The van der Waals surface area contributed by atoms with Crippen molar-refractivity contribution in [3.05, 3.63) is 23.3 Å². The van der Waals surface area contributed by atoms with Crippen LogP contribution in [0.2, 0.25) is 0 Å². The predicted molar refractivity (Wildman–Crippen MR) is 52.8 cm³/mol. The summed E-state index contributed by atoms with van der Waals surface area (Å²) in [4.78, 5) is 0.